The molecule has 0 bridgehead atoms. The zero-order chi connectivity index (χ0) is 11.3. The molecule has 88 valence electrons. The predicted molar refractivity (Wildman–Crippen MR) is 64.9 cm³/mol. The largest absolute Gasteiger partial charge is 0.394 e. The van der Waals surface area contributed by atoms with E-state index < -0.39 is 0 Å². The first-order valence-corrected chi connectivity index (χ1v) is 6.15. The van der Waals surface area contributed by atoms with E-state index in [1.165, 1.54) is 12.8 Å². The van der Waals surface area contributed by atoms with Crippen molar-refractivity contribution in [1.29, 1.82) is 0 Å². The number of nitrogens with one attached hydrogen (secondary N) is 1. The van der Waals surface area contributed by atoms with Crippen LogP contribution in [0.4, 0.5) is 0 Å². The van der Waals surface area contributed by atoms with Crippen molar-refractivity contribution in [3.05, 3.63) is 12.7 Å². The van der Waals surface area contributed by atoms with Crippen LogP contribution in [0.2, 0.25) is 0 Å². The van der Waals surface area contributed by atoms with Gasteiger partial charge in [-0.15, -0.1) is 6.58 Å². The molecule has 2 heteroatoms. The van der Waals surface area contributed by atoms with E-state index in [1.807, 2.05) is 6.08 Å². The van der Waals surface area contributed by atoms with Gasteiger partial charge in [-0.1, -0.05) is 13.0 Å². The molecule has 15 heavy (non-hydrogen) atoms. The summed E-state index contributed by atoms with van der Waals surface area (Å²) in [4.78, 5) is 0. The molecule has 1 fully saturated rings. The van der Waals surface area contributed by atoms with Gasteiger partial charge < -0.3 is 10.4 Å². The Hall–Kier alpha value is -0.340. The fraction of sp³-hybridized carbons (Fsp3) is 0.846. The van der Waals surface area contributed by atoms with Gasteiger partial charge in [0, 0.05) is 11.6 Å². The SMILES string of the molecule is C=CCCC(CC)NC(C)(CO)C1CC1. The third-order valence-electron chi connectivity index (χ3n) is 3.55. The second-order valence-corrected chi connectivity index (χ2v) is 4.97. The van der Waals surface area contributed by atoms with Crippen LogP contribution < -0.4 is 5.32 Å². The molecule has 2 unspecified atom stereocenters. The molecule has 0 radical (unpaired) electrons. The topological polar surface area (TPSA) is 32.3 Å². The lowest BCUT2D eigenvalue weighted by Gasteiger charge is -2.33. The Morgan fingerprint density at radius 2 is 2.27 bits per heavy atom. The molecule has 1 aliphatic carbocycles. The Labute approximate surface area is 93.8 Å². The predicted octanol–water partition coefficient (Wildman–Crippen LogP) is 2.48. The number of allylic oxidation sites excluding steroid dienone is 1. The van der Waals surface area contributed by atoms with Gasteiger partial charge >= 0.3 is 0 Å². The van der Waals surface area contributed by atoms with Gasteiger partial charge in [0.25, 0.3) is 0 Å². The van der Waals surface area contributed by atoms with Crippen LogP contribution in [0, 0.1) is 5.92 Å². The first kappa shape index (κ1) is 12.7. The third-order valence-corrected chi connectivity index (χ3v) is 3.55. The van der Waals surface area contributed by atoms with E-state index in [0.29, 0.717) is 12.0 Å². The lowest BCUT2D eigenvalue weighted by atomic mass is 9.94. The summed E-state index contributed by atoms with van der Waals surface area (Å²) in [5.41, 5.74) is -0.0537. The maximum Gasteiger partial charge on any atom is 0.0613 e. The molecule has 0 aromatic heterocycles. The first-order valence-electron chi connectivity index (χ1n) is 6.15. The Bertz CT molecular complexity index is 201. The Balaban J connectivity index is 2.43. The maximum atomic E-state index is 9.48. The number of hydrogen-bond donors (Lipinski definition) is 2. The minimum Gasteiger partial charge on any atom is -0.394 e. The number of aliphatic hydroxyl groups excluding tert-OH is 1. The van der Waals surface area contributed by atoms with Gasteiger partial charge in [0.05, 0.1) is 6.61 Å². The van der Waals surface area contributed by atoms with Gasteiger partial charge in [-0.05, 0) is 44.9 Å². The van der Waals surface area contributed by atoms with E-state index in [9.17, 15) is 5.11 Å². The summed E-state index contributed by atoms with van der Waals surface area (Å²) in [6.07, 6.45) is 7.80. The average Bonchev–Trinajstić information content (AvgIpc) is 3.07. The summed E-state index contributed by atoms with van der Waals surface area (Å²) in [5, 5.41) is 13.1. The number of hydrogen-bond acceptors (Lipinski definition) is 2. The molecule has 2 N–H and O–H groups in total. The van der Waals surface area contributed by atoms with Crippen LogP contribution in [-0.2, 0) is 0 Å². The molecular weight excluding hydrogens is 186 g/mol. The van der Waals surface area contributed by atoms with Crippen LogP contribution in [0.25, 0.3) is 0 Å². The van der Waals surface area contributed by atoms with E-state index in [2.05, 4.69) is 25.7 Å². The molecular formula is C13H25NO. The van der Waals surface area contributed by atoms with Gasteiger partial charge in [0.2, 0.25) is 0 Å². The molecule has 0 saturated heterocycles. The Morgan fingerprint density at radius 1 is 1.60 bits per heavy atom. The zero-order valence-corrected chi connectivity index (χ0v) is 10.1. The summed E-state index contributed by atoms with van der Waals surface area (Å²) in [5.74, 6) is 0.681. The van der Waals surface area contributed by atoms with E-state index in [0.717, 1.165) is 19.3 Å². The quantitative estimate of drug-likeness (QED) is 0.605. The molecule has 0 aromatic rings. The highest BCUT2D eigenvalue weighted by atomic mass is 16.3. The summed E-state index contributed by atoms with van der Waals surface area (Å²) in [6.45, 7) is 8.36. The minimum atomic E-state index is -0.0537. The molecule has 2 atom stereocenters. The highest BCUT2D eigenvalue weighted by molar-refractivity contribution is 4.99. The summed E-state index contributed by atoms with van der Waals surface area (Å²) < 4.78 is 0. The fourth-order valence-corrected chi connectivity index (χ4v) is 2.18. The summed E-state index contributed by atoms with van der Waals surface area (Å²) >= 11 is 0. The van der Waals surface area contributed by atoms with Crippen LogP contribution >= 0.6 is 0 Å². The lowest BCUT2D eigenvalue weighted by molar-refractivity contribution is 0.138. The van der Waals surface area contributed by atoms with Crippen molar-refractivity contribution >= 4 is 0 Å². The number of aliphatic hydroxyl groups is 1. The van der Waals surface area contributed by atoms with Crippen molar-refractivity contribution in [2.45, 2.75) is 57.5 Å². The monoisotopic (exact) mass is 211 g/mol. The normalized spacial score (nSPS) is 22.1. The molecule has 1 rings (SSSR count). The second-order valence-electron chi connectivity index (χ2n) is 4.97. The van der Waals surface area contributed by atoms with Crippen LogP contribution in [0.15, 0.2) is 12.7 Å². The second kappa shape index (κ2) is 5.66. The molecule has 0 spiro atoms. The zero-order valence-electron chi connectivity index (χ0n) is 10.1. The number of rotatable bonds is 8. The van der Waals surface area contributed by atoms with Gasteiger partial charge in [-0.2, -0.15) is 0 Å². The summed E-state index contributed by atoms with van der Waals surface area (Å²) in [7, 11) is 0. The molecule has 2 nitrogen and oxygen atoms in total. The van der Waals surface area contributed by atoms with Crippen LogP contribution in [0.3, 0.4) is 0 Å². The van der Waals surface area contributed by atoms with Gasteiger partial charge in [0.15, 0.2) is 0 Å². The Kier molecular flexibility index (Phi) is 4.81. The van der Waals surface area contributed by atoms with E-state index in [-0.39, 0.29) is 12.1 Å². The van der Waals surface area contributed by atoms with E-state index in [4.69, 9.17) is 0 Å². The lowest BCUT2D eigenvalue weighted by Crippen LogP contribution is -2.52. The maximum absolute atomic E-state index is 9.48. The van der Waals surface area contributed by atoms with Crippen molar-refractivity contribution < 1.29 is 5.11 Å². The van der Waals surface area contributed by atoms with Crippen LogP contribution in [0.1, 0.15) is 46.0 Å². The smallest absolute Gasteiger partial charge is 0.0613 e. The van der Waals surface area contributed by atoms with E-state index in [1.54, 1.807) is 0 Å². The summed E-state index contributed by atoms with van der Waals surface area (Å²) in [6, 6.07) is 0.515. The van der Waals surface area contributed by atoms with Crippen LogP contribution in [-0.4, -0.2) is 23.3 Å². The van der Waals surface area contributed by atoms with Crippen molar-refractivity contribution in [2.75, 3.05) is 6.61 Å². The van der Waals surface area contributed by atoms with Gasteiger partial charge in [-0.25, -0.2) is 0 Å². The third kappa shape index (κ3) is 3.62. The molecule has 0 aromatic carbocycles. The standard InChI is InChI=1S/C13H25NO/c1-4-6-7-12(5-2)14-13(3,10-15)11-8-9-11/h4,11-12,14-15H,1,5-10H2,2-3H3. The Morgan fingerprint density at radius 3 is 2.67 bits per heavy atom. The highest BCUT2D eigenvalue weighted by Gasteiger charge is 2.41. The minimum absolute atomic E-state index is 0.0537. The van der Waals surface area contributed by atoms with Crippen molar-refractivity contribution in [1.82, 2.24) is 5.32 Å². The van der Waals surface area contributed by atoms with Crippen molar-refractivity contribution in [3.63, 3.8) is 0 Å². The molecule has 1 aliphatic rings. The molecule has 0 amide bonds. The molecule has 1 saturated carbocycles. The van der Waals surface area contributed by atoms with Crippen LogP contribution in [0.5, 0.6) is 0 Å². The molecule has 0 heterocycles. The highest BCUT2D eigenvalue weighted by Crippen LogP contribution is 2.39. The molecule has 0 aliphatic heterocycles. The van der Waals surface area contributed by atoms with Gasteiger partial charge in [-0.3, -0.25) is 0 Å². The fourth-order valence-electron chi connectivity index (χ4n) is 2.18. The average molecular weight is 211 g/mol. The van der Waals surface area contributed by atoms with Gasteiger partial charge in [0.1, 0.15) is 0 Å². The van der Waals surface area contributed by atoms with E-state index >= 15 is 0 Å². The van der Waals surface area contributed by atoms with Crippen molar-refractivity contribution in [2.24, 2.45) is 5.92 Å². The first-order chi connectivity index (χ1) is 7.16. The van der Waals surface area contributed by atoms with Crippen molar-refractivity contribution in [3.8, 4) is 0 Å².